The maximum Gasteiger partial charge on any atom is 0.407 e. The van der Waals surface area contributed by atoms with Crippen molar-refractivity contribution in [2.24, 2.45) is 18.9 Å². The van der Waals surface area contributed by atoms with Crippen LogP contribution in [0, 0.1) is 11.8 Å². The SMILES string of the molecule is Cn1c(-c2cc3cccnc3n2CC2CC2)nc2cc(C(=O)N3CCC4CCN(C(=O)O)[C@@H]4C3)cnc21. The third kappa shape index (κ3) is 3.65. The molecule has 1 saturated carbocycles. The number of rotatable bonds is 4. The van der Waals surface area contributed by atoms with Gasteiger partial charge in [0.05, 0.1) is 17.3 Å². The van der Waals surface area contributed by atoms with E-state index in [1.54, 1.807) is 11.1 Å². The topological polar surface area (TPSA) is 109 Å². The van der Waals surface area contributed by atoms with Crippen LogP contribution in [0.2, 0.25) is 0 Å². The van der Waals surface area contributed by atoms with Gasteiger partial charge in [-0.3, -0.25) is 4.79 Å². The zero-order chi connectivity index (χ0) is 25.3. The number of aromatic nitrogens is 5. The average molecular weight is 500 g/mol. The summed E-state index contributed by atoms with van der Waals surface area (Å²) in [6, 6.07) is 7.85. The molecule has 1 aliphatic carbocycles. The summed E-state index contributed by atoms with van der Waals surface area (Å²) < 4.78 is 4.25. The molecule has 4 aromatic heterocycles. The summed E-state index contributed by atoms with van der Waals surface area (Å²) in [5.41, 5.74) is 3.84. The van der Waals surface area contributed by atoms with Crippen molar-refractivity contribution in [3.8, 4) is 11.5 Å². The van der Waals surface area contributed by atoms with Crippen molar-refractivity contribution in [1.82, 2.24) is 33.9 Å². The van der Waals surface area contributed by atoms with Gasteiger partial charge in [-0.05, 0) is 61.8 Å². The fourth-order valence-electron chi connectivity index (χ4n) is 6.18. The second kappa shape index (κ2) is 8.29. The van der Waals surface area contributed by atoms with Crippen LogP contribution < -0.4 is 0 Å². The fourth-order valence-corrected chi connectivity index (χ4v) is 6.18. The van der Waals surface area contributed by atoms with Gasteiger partial charge in [0.15, 0.2) is 11.5 Å². The molecule has 2 atom stereocenters. The molecule has 0 radical (unpaired) electrons. The minimum atomic E-state index is -0.903. The first-order chi connectivity index (χ1) is 18.0. The Morgan fingerprint density at radius 3 is 2.73 bits per heavy atom. The Labute approximate surface area is 213 Å². The molecule has 6 heterocycles. The maximum atomic E-state index is 13.4. The van der Waals surface area contributed by atoms with Crippen LogP contribution in [0.3, 0.4) is 0 Å². The van der Waals surface area contributed by atoms with Gasteiger partial charge in [0.2, 0.25) is 0 Å². The van der Waals surface area contributed by atoms with Gasteiger partial charge in [0.25, 0.3) is 5.91 Å². The summed E-state index contributed by atoms with van der Waals surface area (Å²) in [5, 5.41) is 10.6. The van der Waals surface area contributed by atoms with Crippen LogP contribution in [-0.2, 0) is 13.6 Å². The van der Waals surface area contributed by atoms with Gasteiger partial charge in [0, 0.05) is 51.0 Å². The van der Waals surface area contributed by atoms with Gasteiger partial charge < -0.3 is 24.0 Å². The Kier molecular flexibility index (Phi) is 4.99. The summed E-state index contributed by atoms with van der Waals surface area (Å²) in [7, 11) is 1.96. The summed E-state index contributed by atoms with van der Waals surface area (Å²) in [4.78, 5) is 42.6. The number of pyridine rings is 2. The second-order valence-electron chi connectivity index (χ2n) is 10.7. The van der Waals surface area contributed by atoms with Crippen molar-refractivity contribution in [3.05, 3.63) is 42.2 Å². The molecule has 3 fully saturated rings. The number of amides is 2. The summed E-state index contributed by atoms with van der Waals surface area (Å²) in [5.74, 6) is 1.68. The zero-order valence-electron chi connectivity index (χ0n) is 20.7. The van der Waals surface area contributed by atoms with Crippen LogP contribution in [-0.4, -0.2) is 76.7 Å². The molecule has 1 unspecified atom stereocenters. The van der Waals surface area contributed by atoms with E-state index in [9.17, 15) is 14.7 Å². The highest BCUT2D eigenvalue weighted by Gasteiger charge is 2.42. The molecular weight excluding hydrogens is 470 g/mol. The van der Waals surface area contributed by atoms with E-state index in [0.29, 0.717) is 48.2 Å². The van der Waals surface area contributed by atoms with Crippen molar-refractivity contribution < 1.29 is 14.7 Å². The third-order valence-corrected chi connectivity index (χ3v) is 8.37. The van der Waals surface area contributed by atoms with Gasteiger partial charge in [0.1, 0.15) is 11.2 Å². The standard InChI is InChI=1S/C27H29N7O3/c1-31-24-20(30-25(31)21-12-18-3-2-8-28-23(18)34(21)14-16-4-5-16)11-19(13-29-24)26(35)32-9-6-17-7-10-33(27(36)37)22(17)15-32/h2-3,8,11-13,16-17,22H,4-7,9-10,14-15H2,1H3,(H,36,37)/t17?,22-/m1/s1. The van der Waals surface area contributed by atoms with E-state index in [-0.39, 0.29) is 11.9 Å². The Bertz CT molecular complexity index is 1550. The Morgan fingerprint density at radius 1 is 1.08 bits per heavy atom. The lowest BCUT2D eigenvalue weighted by molar-refractivity contribution is 0.0570. The Hall–Kier alpha value is -3.95. The predicted molar refractivity (Wildman–Crippen MR) is 137 cm³/mol. The van der Waals surface area contributed by atoms with Crippen molar-refractivity contribution in [3.63, 3.8) is 0 Å². The number of carbonyl (C=O) groups excluding carboxylic acids is 1. The number of piperidine rings is 1. The van der Waals surface area contributed by atoms with Gasteiger partial charge in [-0.15, -0.1) is 0 Å². The van der Waals surface area contributed by atoms with E-state index >= 15 is 0 Å². The first kappa shape index (κ1) is 22.3. The molecule has 0 aromatic carbocycles. The van der Waals surface area contributed by atoms with Crippen molar-refractivity contribution in [1.29, 1.82) is 0 Å². The number of likely N-dealkylation sites (tertiary alicyclic amines) is 2. The lowest BCUT2D eigenvalue weighted by Gasteiger charge is -2.37. The van der Waals surface area contributed by atoms with Gasteiger partial charge in [-0.1, -0.05) is 0 Å². The number of fused-ring (bicyclic) bond motifs is 3. The number of hydrogen-bond acceptors (Lipinski definition) is 5. The third-order valence-electron chi connectivity index (χ3n) is 8.37. The van der Waals surface area contributed by atoms with Crippen LogP contribution in [0.25, 0.3) is 33.7 Å². The number of carboxylic acid groups (broad SMARTS) is 1. The minimum Gasteiger partial charge on any atom is -0.465 e. The Balaban J connectivity index is 1.22. The monoisotopic (exact) mass is 499 g/mol. The lowest BCUT2D eigenvalue weighted by Crippen LogP contribution is -2.51. The molecule has 10 heteroatoms. The molecule has 7 rings (SSSR count). The van der Waals surface area contributed by atoms with Crippen LogP contribution in [0.15, 0.2) is 36.7 Å². The average Bonchev–Trinajstić information content (AvgIpc) is 3.37. The largest absolute Gasteiger partial charge is 0.465 e. The molecule has 1 N–H and O–H groups in total. The summed E-state index contributed by atoms with van der Waals surface area (Å²) in [6.45, 7) is 2.52. The number of imidazole rings is 1. The first-order valence-electron chi connectivity index (χ1n) is 13.0. The lowest BCUT2D eigenvalue weighted by atomic mass is 9.92. The summed E-state index contributed by atoms with van der Waals surface area (Å²) >= 11 is 0. The van der Waals surface area contributed by atoms with E-state index < -0.39 is 6.09 Å². The molecule has 190 valence electrons. The molecule has 4 aromatic rings. The van der Waals surface area contributed by atoms with Crippen LogP contribution >= 0.6 is 0 Å². The van der Waals surface area contributed by atoms with Gasteiger partial charge >= 0.3 is 6.09 Å². The number of aryl methyl sites for hydroxylation is 1. The normalized spacial score (nSPS) is 21.6. The summed E-state index contributed by atoms with van der Waals surface area (Å²) in [6.07, 6.45) is 6.72. The molecule has 10 nitrogen and oxygen atoms in total. The van der Waals surface area contributed by atoms with Gasteiger partial charge in [-0.25, -0.2) is 19.7 Å². The number of carbonyl (C=O) groups is 2. The van der Waals surface area contributed by atoms with E-state index in [2.05, 4.69) is 26.7 Å². The predicted octanol–water partition coefficient (Wildman–Crippen LogP) is 3.61. The molecule has 0 bridgehead atoms. The molecule has 3 aliphatic rings. The smallest absolute Gasteiger partial charge is 0.407 e. The minimum absolute atomic E-state index is 0.121. The molecular formula is C27H29N7O3. The quantitative estimate of drug-likeness (QED) is 0.459. The highest BCUT2D eigenvalue weighted by Crippen LogP contribution is 2.36. The molecule has 0 spiro atoms. The highest BCUT2D eigenvalue weighted by molar-refractivity contribution is 5.97. The van der Waals surface area contributed by atoms with Crippen molar-refractivity contribution in [2.45, 2.75) is 38.3 Å². The van der Waals surface area contributed by atoms with Crippen LogP contribution in [0.1, 0.15) is 36.0 Å². The molecule has 2 aliphatic heterocycles. The molecule has 37 heavy (non-hydrogen) atoms. The highest BCUT2D eigenvalue weighted by atomic mass is 16.4. The first-order valence-corrected chi connectivity index (χ1v) is 13.0. The number of nitrogens with zero attached hydrogens (tertiary/aromatic N) is 7. The van der Waals surface area contributed by atoms with E-state index in [4.69, 9.17) is 4.98 Å². The fraction of sp³-hybridized carbons (Fsp3) is 0.444. The van der Waals surface area contributed by atoms with Gasteiger partial charge in [-0.2, -0.15) is 0 Å². The van der Waals surface area contributed by atoms with Crippen molar-refractivity contribution >= 4 is 34.2 Å². The zero-order valence-corrected chi connectivity index (χ0v) is 20.7. The maximum absolute atomic E-state index is 13.4. The van der Waals surface area contributed by atoms with Crippen molar-refractivity contribution in [2.75, 3.05) is 19.6 Å². The number of hydrogen-bond donors (Lipinski definition) is 1. The molecule has 2 saturated heterocycles. The van der Waals surface area contributed by atoms with E-state index in [1.165, 1.54) is 17.7 Å². The van der Waals surface area contributed by atoms with E-state index in [1.807, 2.05) is 29.9 Å². The van der Waals surface area contributed by atoms with E-state index in [0.717, 1.165) is 41.9 Å². The second-order valence-corrected chi connectivity index (χ2v) is 10.7. The van der Waals surface area contributed by atoms with Crippen LogP contribution in [0.4, 0.5) is 4.79 Å². The molecule has 2 amide bonds. The Morgan fingerprint density at radius 2 is 1.92 bits per heavy atom. The van der Waals surface area contributed by atoms with Crippen LogP contribution in [0.5, 0.6) is 0 Å².